The van der Waals surface area contributed by atoms with Gasteiger partial charge in [0.25, 0.3) is 0 Å². The number of likely N-dealkylation sites (tertiary alicyclic amines) is 1. The van der Waals surface area contributed by atoms with Gasteiger partial charge in [-0.3, -0.25) is 4.79 Å². The van der Waals surface area contributed by atoms with Gasteiger partial charge in [0.1, 0.15) is 19.0 Å². The number of para-hydroxylation sites is 2. The van der Waals surface area contributed by atoms with Crippen molar-refractivity contribution in [3.63, 3.8) is 0 Å². The predicted octanol–water partition coefficient (Wildman–Crippen LogP) is 1.87. The summed E-state index contributed by atoms with van der Waals surface area (Å²) in [7, 11) is 0. The van der Waals surface area contributed by atoms with Gasteiger partial charge in [-0.15, -0.1) is 0 Å². The quantitative estimate of drug-likeness (QED) is 0.787. The lowest BCUT2D eigenvalue weighted by Gasteiger charge is -2.36. The van der Waals surface area contributed by atoms with E-state index in [4.69, 9.17) is 9.47 Å². The number of aromatic nitrogens is 2. The molecule has 0 bridgehead atoms. The Bertz CT molecular complexity index is 805. The molecule has 0 N–H and O–H groups in total. The van der Waals surface area contributed by atoms with E-state index in [9.17, 15) is 9.59 Å². The standard InChI is InChI=1S/C17H19N3O4/c1-12-18-13-4-2-3-5-14(13)20(12)10-15(21)19-8-6-17(7-9-19)11-23-16(22)24-17/h2-5H,6-11H2,1H3. The SMILES string of the molecule is Cc1nc2ccccc2n1CC(=O)N1CCC2(CC1)COC(=O)O2. The van der Waals surface area contributed by atoms with Crippen LogP contribution in [0, 0.1) is 6.92 Å². The highest BCUT2D eigenvalue weighted by atomic mass is 16.8. The number of carbonyl (C=O) groups excluding carboxylic acids is 2. The Morgan fingerprint density at radius 2 is 2.04 bits per heavy atom. The van der Waals surface area contributed by atoms with E-state index in [-0.39, 0.29) is 12.5 Å². The maximum absolute atomic E-state index is 12.7. The molecule has 1 aromatic heterocycles. The van der Waals surface area contributed by atoms with Gasteiger partial charge in [0.2, 0.25) is 5.91 Å². The van der Waals surface area contributed by atoms with Crippen LogP contribution in [0.5, 0.6) is 0 Å². The minimum Gasteiger partial charge on any atom is -0.430 e. The van der Waals surface area contributed by atoms with Gasteiger partial charge < -0.3 is 18.9 Å². The molecule has 2 fully saturated rings. The first-order valence-electron chi connectivity index (χ1n) is 8.12. The zero-order chi connectivity index (χ0) is 16.7. The molecule has 0 radical (unpaired) electrons. The number of rotatable bonds is 2. The summed E-state index contributed by atoms with van der Waals surface area (Å²) in [4.78, 5) is 30.2. The lowest BCUT2D eigenvalue weighted by molar-refractivity contribution is -0.135. The van der Waals surface area contributed by atoms with Crippen LogP contribution in [-0.4, -0.2) is 51.8 Å². The Morgan fingerprint density at radius 3 is 2.75 bits per heavy atom. The Morgan fingerprint density at radius 1 is 1.29 bits per heavy atom. The summed E-state index contributed by atoms with van der Waals surface area (Å²) >= 11 is 0. The highest BCUT2D eigenvalue weighted by Crippen LogP contribution is 2.31. The number of ether oxygens (including phenoxy) is 2. The van der Waals surface area contributed by atoms with Crippen LogP contribution >= 0.6 is 0 Å². The molecule has 3 heterocycles. The number of cyclic esters (lactones) is 1. The highest BCUT2D eigenvalue weighted by Gasteiger charge is 2.45. The molecule has 2 aromatic rings. The van der Waals surface area contributed by atoms with Crippen LogP contribution in [0.2, 0.25) is 0 Å². The minimum atomic E-state index is -0.602. The Balaban J connectivity index is 1.45. The number of hydrogen-bond acceptors (Lipinski definition) is 5. The van der Waals surface area contributed by atoms with Crippen molar-refractivity contribution in [2.75, 3.05) is 19.7 Å². The van der Waals surface area contributed by atoms with Crippen LogP contribution in [0.15, 0.2) is 24.3 Å². The van der Waals surface area contributed by atoms with Gasteiger partial charge in [0, 0.05) is 25.9 Å². The molecular formula is C17H19N3O4. The van der Waals surface area contributed by atoms with E-state index in [2.05, 4.69) is 4.98 Å². The number of imidazole rings is 1. The molecule has 1 aromatic carbocycles. The van der Waals surface area contributed by atoms with Gasteiger partial charge in [-0.25, -0.2) is 9.78 Å². The second kappa shape index (κ2) is 5.51. The largest absolute Gasteiger partial charge is 0.509 e. The van der Waals surface area contributed by atoms with E-state index in [1.807, 2.05) is 40.7 Å². The van der Waals surface area contributed by atoms with Gasteiger partial charge in [0.15, 0.2) is 5.60 Å². The topological polar surface area (TPSA) is 73.7 Å². The molecular weight excluding hydrogens is 310 g/mol. The van der Waals surface area contributed by atoms with Crippen molar-refractivity contribution >= 4 is 23.1 Å². The van der Waals surface area contributed by atoms with Gasteiger partial charge >= 0.3 is 6.16 Å². The molecule has 1 spiro atoms. The molecule has 2 aliphatic heterocycles. The normalized spacial score (nSPS) is 19.5. The summed E-state index contributed by atoms with van der Waals surface area (Å²) in [5.41, 5.74) is 1.33. The molecule has 2 aliphatic rings. The lowest BCUT2D eigenvalue weighted by Crippen LogP contribution is -2.48. The third-order valence-electron chi connectivity index (χ3n) is 4.92. The molecule has 0 saturated carbocycles. The number of nitrogens with zero attached hydrogens (tertiary/aromatic N) is 3. The first kappa shape index (κ1) is 15.0. The molecule has 7 nitrogen and oxygen atoms in total. The first-order valence-corrected chi connectivity index (χ1v) is 8.12. The summed E-state index contributed by atoms with van der Waals surface area (Å²) in [6.07, 6.45) is 0.637. The van der Waals surface area contributed by atoms with Crippen LogP contribution in [0.1, 0.15) is 18.7 Å². The minimum absolute atomic E-state index is 0.0568. The Hall–Kier alpha value is -2.57. The fourth-order valence-corrected chi connectivity index (χ4v) is 3.47. The van der Waals surface area contributed by atoms with Crippen LogP contribution in [-0.2, 0) is 20.8 Å². The van der Waals surface area contributed by atoms with Crippen LogP contribution < -0.4 is 0 Å². The summed E-state index contributed by atoms with van der Waals surface area (Å²) in [5, 5.41) is 0. The van der Waals surface area contributed by atoms with Crippen molar-refractivity contribution in [2.24, 2.45) is 0 Å². The molecule has 2 saturated heterocycles. The van der Waals surface area contributed by atoms with Crippen LogP contribution in [0.25, 0.3) is 11.0 Å². The number of piperidine rings is 1. The van der Waals surface area contributed by atoms with Gasteiger partial charge in [0.05, 0.1) is 11.0 Å². The smallest absolute Gasteiger partial charge is 0.430 e. The van der Waals surface area contributed by atoms with E-state index in [0.717, 1.165) is 16.9 Å². The Labute approximate surface area is 139 Å². The molecule has 0 unspecified atom stereocenters. The van der Waals surface area contributed by atoms with E-state index < -0.39 is 11.8 Å². The van der Waals surface area contributed by atoms with Gasteiger partial charge in [-0.2, -0.15) is 0 Å². The monoisotopic (exact) mass is 329 g/mol. The number of benzene rings is 1. The number of aryl methyl sites for hydroxylation is 1. The van der Waals surface area contributed by atoms with Crippen molar-refractivity contribution in [1.29, 1.82) is 0 Å². The first-order chi connectivity index (χ1) is 11.6. The molecule has 0 aliphatic carbocycles. The highest BCUT2D eigenvalue weighted by molar-refractivity contribution is 5.81. The Kier molecular flexibility index (Phi) is 3.44. The fraction of sp³-hybridized carbons (Fsp3) is 0.471. The van der Waals surface area contributed by atoms with Crippen molar-refractivity contribution in [2.45, 2.75) is 31.9 Å². The van der Waals surface area contributed by atoms with Crippen LogP contribution in [0.3, 0.4) is 0 Å². The van der Waals surface area contributed by atoms with E-state index in [1.165, 1.54) is 0 Å². The van der Waals surface area contributed by atoms with Gasteiger partial charge in [-0.1, -0.05) is 12.1 Å². The predicted molar refractivity (Wildman–Crippen MR) is 85.4 cm³/mol. The molecule has 1 amide bonds. The molecule has 7 heteroatoms. The van der Waals surface area contributed by atoms with E-state index in [0.29, 0.717) is 32.5 Å². The van der Waals surface area contributed by atoms with Gasteiger partial charge in [-0.05, 0) is 19.1 Å². The van der Waals surface area contributed by atoms with E-state index >= 15 is 0 Å². The zero-order valence-corrected chi connectivity index (χ0v) is 13.5. The van der Waals surface area contributed by atoms with E-state index in [1.54, 1.807) is 0 Å². The second-order valence-electron chi connectivity index (χ2n) is 6.44. The third-order valence-corrected chi connectivity index (χ3v) is 4.92. The number of carbonyl (C=O) groups is 2. The van der Waals surface area contributed by atoms with Crippen molar-refractivity contribution in [3.8, 4) is 0 Å². The summed E-state index contributed by atoms with van der Waals surface area (Å²) in [5.74, 6) is 0.887. The third kappa shape index (κ3) is 2.50. The summed E-state index contributed by atoms with van der Waals surface area (Å²) in [6.45, 7) is 3.62. The lowest BCUT2D eigenvalue weighted by atomic mass is 9.92. The zero-order valence-electron chi connectivity index (χ0n) is 13.5. The van der Waals surface area contributed by atoms with Crippen molar-refractivity contribution < 1.29 is 19.1 Å². The summed E-state index contributed by atoms with van der Waals surface area (Å²) < 4.78 is 12.1. The number of hydrogen-bond donors (Lipinski definition) is 0. The molecule has 126 valence electrons. The number of amides is 1. The fourth-order valence-electron chi connectivity index (χ4n) is 3.47. The molecule has 4 rings (SSSR count). The number of fused-ring (bicyclic) bond motifs is 1. The maximum Gasteiger partial charge on any atom is 0.509 e. The average molecular weight is 329 g/mol. The van der Waals surface area contributed by atoms with Crippen LogP contribution in [0.4, 0.5) is 4.79 Å². The molecule has 24 heavy (non-hydrogen) atoms. The van der Waals surface area contributed by atoms with Crippen molar-refractivity contribution in [3.05, 3.63) is 30.1 Å². The molecule has 0 atom stereocenters. The van der Waals surface area contributed by atoms with Crippen molar-refractivity contribution in [1.82, 2.24) is 14.5 Å². The summed E-state index contributed by atoms with van der Waals surface area (Å²) in [6, 6.07) is 7.81. The average Bonchev–Trinajstić information content (AvgIpc) is 3.09. The second-order valence-corrected chi connectivity index (χ2v) is 6.44. The maximum atomic E-state index is 12.7.